The summed E-state index contributed by atoms with van der Waals surface area (Å²) in [5.74, 6) is -1.68. The number of anilines is 2. The zero-order valence-corrected chi connectivity index (χ0v) is 18.2. The Morgan fingerprint density at radius 1 is 0.871 bits per heavy atom. The van der Waals surface area contributed by atoms with E-state index >= 15 is 0 Å². The van der Waals surface area contributed by atoms with Crippen LogP contribution in [0.2, 0.25) is 10.0 Å². The highest BCUT2D eigenvalue weighted by molar-refractivity contribution is 8.00. The van der Waals surface area contributed by atoms with Gasteiger partial charge in [0, 0.05) is 21.2 Å². The van der Waals surface area contributed by atoms with Gasteiger partial charge in [0.1, 0.15) is 0 Å². The Labute approximate surface area is 192 Å². The highest BCUT2D eigenvalue weighted by Crippen LogP contribution is 2.25. The molecule has 0 unspecified atom stereocenters. The van der Waals surface area contributed by atoms with E-state index in [1.54, 1.807) is 42.5 Å². The molecule has 0 aliphatic rings. The number of amides is 2. The first-order chi connectivity index (χ1) is 14.8. The van der Waals surface area contributed by atoms with Crippen LogP contribution >= 0.6 is 35.0 Å². The fourth-order valence-electron chi connectivity index (χ4n) is 2.59. The number of rotatable bonds is 7. The Balaban J connectivity index is 1.60. The summed E-state index contributed by atoms with van der Waals surface area (Å²) in [4.78, 5) is 36.5. The number of carboxylic acids is 1. The number of hydrogen-bond acceptors (Lipinski definition) is 4. The third kappa shape index (κ3) is 6.49. The van der Waals surface area contributed by atoms with E-state index in [2.05, 4.69) is 10.6 Å². The van der Waals surface area contributed by atoms with Gasteiger partial charge in [0.25, 0.3) is 5.91 Å². The number of carbonyl (C=O) groups excluding carboxylic acids is 2. The maximum atomic E-state index is 12.4. The van der Waals surface area contributed by atoms with Gasteiger partial charge in [-0.15, -0.1) is 11.8 Å². The molecule has 3 N–H and O–H groups in total. The molecule has 0 aromatic heterocycles. The number of carboxylic acid groups (broad SMARTS) is 1. The van der Waals surface area contributed by atoms with Crippen LogP contribution in [-0.4, -0.2) is 28.6 Å². The number of hydrogen-bond donors (Lipinski definition) is 3. The van der Waals surface area contributed by atoms with Crippen LogP contribution in [0.15, 0.2) is 71.6 Å². The molecule has 0 saturated carbocycles. The van der Waals surface area contributed by atoms with Crippen molar-refractivity contribution in [3.8, 4) is 0 Å². The Hall–Kier alpha value is -3.00. The van der Waals surface area contributed by atoms with Crippen LogP contribution in [0.5, 0.6) is 0 Å². The van der Waals surface area contributed by atoms with Crippen molar-refractivity contribution in [2.45, 2.75) is 4.90 Å². The fraction of sp³-hybridized carbons (Fsp3) is 0.0455. The van der Waals surface area contributed by atoms with Gasteiger partial charge in [-0.25, -0.2) is 4.79 Å². The number of nitrogens with one attached hydrogen (secondary N) is 2. The molecule has 3 aromatic rings. The molecule has 2 amide bonds. The summed E-state index contributed by atoms with van der Waals surface area (Å²) in [6.45, 7) is 0. The summed E-state index contributed by atoms with van der Waals surface area (Å²) >= 11 is 13.2. The van der Waals surface area contributed by atoms with Crippen LogP contribution in [0.4, 0.5) is 11.4 Å². The maximum absolute atomic E-state index is 12.4. The highest BCUT2D eigenvalue weighted by atomic mass is 35.5. The first-order valence-corrected chi connectivity index (χ1v) is 10.7. The number of aromatic carboxylic acids is 1. The van der Waals surface area contributed by atoms with E-state index in [0.29, 0.717) is 16.3 Å². The summed E-state index contributed by atoms with van der Waals surface area (Å²) in [5, 5.41) is 15.2. The summed E-state index contributed by atoms with van der Waals surface area (Å²) in [7, 11) is 0. The first-order valence-electron chi connectivity index (χ1n) is 8.94. The van der Waals surface area contributed by atoms with Crippen molar-refractivity contribution in [3.05, 3.63) is 87.9 Å². The monoisotopic (exact) mass is 474 g/mol. The fourth-order valence-corrected chi connectivity index (χ4v) is 3.70. The molecule has 0 bridgehead atoms. The van der Waals surface area contributed by atoms with Gasteiger partial charge in [0.05, 0.1) is 22.0 Å². The van der Waals surface area contributed by atoms with E-state index in [-0.39, 0.29) is 33.8 Å². The molecule has 0 aliphatic carbocycles. The predicted octanol–water partition coefficient (Wildman–Crippen LogP) is 5.67. The summed E-state index contributed by atoms with van der Waals surface area (Å²) < 4.78 is 0. The summed E-state index contributed by atoms with van der Waals surface area (Å²) in [6.07, 6.45) is 0. The standard InChI is InChI=1S/C22H16Cl2N2O4S/c23-15-4-1-3-13(9-15)21(28)25-16-5-2-6-17(11-16)31-12-20(27)26-19-10-14(22(29)30)7-8-18(19)24/h1-11H,12H2,(H,25,28)(H,26,27)(H,29,30). The second-order valence-electron chi connectivity index (χ2n) is 6.33. The van der Waals surface area contributed by atoms with Crippen LogP contribution in [0, 0.1) is 0 Å². The minimum Gasteiger partial charge on any atom is -0.478 e. The molecular weight excluding hydrogens is 459 g/mol. The van der Waals surface area contributed by atoms with Gasteiger partial charge in [0.2, 0.25) is 5.91 Å². The number of halogens is 2. The van der Waals surface area contributed by atoms with E-state index in [1.807, 2.05) is 6.07 Å². The SMILES string of the molecule is O=C(CSc1cccc(NC(=O)c2cccc(Cl)c2)c1)Nc1cc(C(=O)O)ccc1Cl. The van der Waals surface area contributed by atoms with E-state index in [0.717, 1.165) is 4.90 Å². The molecule has 0 fully saturated rings. The van der Waals surface area contributed by atoms with Crippen molar-refractivity contribution >= 4 is 64.1 Å². The van der Waals surface area contributed by atoms with Crippen LogP contribution in [0.3, 0.4) is 0 Å². The average molecular weight is 475 g/mol. The van der Waals surface area contributed by atoms with Gasteiger partial charge in [-0.1, -0.05) is 35.3 Å². The minimum atomic E-state index is -1.11. The van der Waals surface area contributed by atoms with E-state index in [4.69, 9.17) is 28.3 Å². The summed E-state index contributed by atoms with van der Waals surface area (Å²) in [5.41, 5.74) is 1.27. The molecule has 9 heteroatoms. The Morgan fingerprint density at radius 3 is 2.39 bits per heavy atom. The molecule has 6 nitrogen and oxygen atoms in total. The quantitative estimate of drug-likeness (QED) is 0.383. The lowest BCUT2D eigenvalue weighted by molar-refractivity contribution is -0.113. The first kappa shape index (κ1) is 22.7. The number of benzene rings is 3. The maximum Gasteiger partial charge on any atom is 0.335 e. The van der Waals surface area contributed by atoms with Gasteiger partial charge in [-0.3, -0.25) is 9.59 Å². The zero-order chi connectivity index (χ0) is 22.4. The Bertz CT molecular complexity index is 1150. The Morgan fingerprint density at radius 2 is 1.65 bits per heavy atom. The lowest BCUT2D eigenvalue weighted by Crippen LogP contribution is -2.15. The largest absolute Gasteiger partial charge is 0.478 e. The van der Waals surface area contributed by atoms with Crippen LogP contribution in [-0.2, 0) is 4.79 Å². The Kier molecular flexibility index (Phi) is 7.57. The highest BCUT2D eigenvalue weighted by Gasteiger charge is 2.11. The number of thioether (sulfide) groups is 1. The second-order valence-corrected chi connectivity index (χ2v) is 8.22. The third-order valence-corrected chi connectivity index (χ3v) is 5.59. The van der Waals surface area contributed by atoms with E-state index < -0.39 is 5.97 Å². The van der Waals surface area contributed by atoms with Gasteiger partial charge >= 0.3 is 5.97 Å². The zero-order valence-electron chi connectivity index (χ0n) is 15.9. The minimum absolute atomic E-state index is 0.0236. The molecule has 0 saturated heterocycles. The predicted molar refractivity (Wildman–Crippen MR) is 124 cm³/mol. The molecule has 31 heavy (non-hydrogen) atoms. The number of carbonyl (C=O) groups is 3. The van der Waals surface area contributed by atoms with Crippen molar-refractivity contribution < 1.29 is 19.5 Å². The van der Waals surface area contributed by atoms with Crippen molar-refractivity contribution in [1.82, 2.24) is 0 Å². The molecule has 158 valence electrons. The van der Waals surface area contributed by atoms with E-state index in [1.165, 1.54) is 30.0 Å². The molecular formula is C22H16Cl2N2O4S. The second kappa shape index (κ2) is 10.3. The van der Waals surface area contributed by atoms with Gasteiger partial charge < -0.3 is 15.7 Å². The molecule has 0 aliphatic heterocycles. The molecule has 3 rings (SSSR count). The smallest absolute Gasteiger partial charge is 0.335 e. The molecule has 0 atom stereocenters. The lowest BCUT2D eigenvalue weighted by atomic mass is 10.2. The van der Waals surface area contributed by atoms with Gasteiger partial charge in [-0.05, 0) is 54.6 Å². The third-order valence-electron chi connectivity index (χ3n) is 4.04. The van der Waals surface area contributed by atoms with Crippen molar-refractivity contribution in [1.29, 1.82) is 0 Å². The van der Waals surface area contributed by atoms with Gasteiger partial charge in [0.15, 0.2) is 0 Å². The molecule has 0 spiro atoms. The van der Waals surface area contributed by atoms with Crippen LogP contribution < -0.4 is 10.6 Å². The normalized spacial score (nSPS) is 10.4. The molecule has 0 heterocycles. The molecule has 0 radical (unpaired) electrons. The van der Waals surface area contributed by atoms with Crippen molar-refractivity contribution in [2.75, 3.05) is 16.4 Å². The van der Waals surface area contributed by atoms with Crippen molar-refractivity contribution in [3.63, 3.8) is 0 Å². The van der Waals surface area contributed by atoms with Crippen molar-refractivity contribution in [2.24, 2.45) is 0 Å². The van der Waals surface area contributed by atoms with E-state index in [9.17, 15) is 14.4 Å². The lowest BCUT2D eigenvalue weighted by Gasteiger charge is -2.09. The van der Waals surface area contributed by atoms with Crippen LogP contribution in [0.25, 0.3) is 0 Å². The molecule has 3 aromatic carbocycles. The van der Waals surface area contributed by atoms with Crippen LogP contribution in [0.1, 0.15) is 20.7 Å². The average Bonchev–Trinajstić information content (AvgIpc) is 2.74. The topological polar surface area (TPSA) is 95.5 Å². The van der Waals surface area contributed by atoms with Gasteiger partial charge in [-0.2, -0.15) is 0 Å². The summed E-state index contributed by atoms with van der Waals surface area (Å²) in [6, 6.07) is 17.8.